The second-order valence-corrected chi connectivity index (χ2v) is 8.50. The Hall–Kier alpha value is -2.90. The van der Waals surface area contributed by atoms with Crippen LogP contribution in [0.4, 0.5) is 8.78 Å². The molecule has 0 saturated carbocycles. The van der Waals surface area contributed by atoms with Gasteiger partial charge < -0.3 is 9.88 Å². The van der Waals surface area contributed by atoms with E-state index in [0.717, 1.165) is 49.2 Å². The average Bonchev–Trinajstić information content (AvgIpc) is 3.43. The molecule has 1 atom stereocenters. The summed E-state index contributed by atoms with van der Waals surface area (Å²) in [6, 6.07) is 11.8. The van der Waals surface area contributed by atoms with Crippen LogP contribution in [0.2, 0.25) is 5.02 Å². The molecule has 8 heteroatoms. The Balaban J connectivity index is 1.52. The third-order valence-corrected chi connectivity index (χ3v) is 6.23. The molecule has 1 fully saturated rings. The third-order valence-electron chi connectivity index (χ3n) is 5.91. The first-order chi connectivity index (χ1) is 15.6. The maximum absolute atomic E-state index is 14.0. The number of rotatable bonds is 6. The molecule has 4 aromatic rings. The first kappa shape index (κ1) is 21.0. The number of benzene rings is 2. The molecule has 1 saturated heterocycles. The largest absolute Gasteiger partial charge is 0.316 e. The number of nitrogens with one attached hydrogen (secondary N) is 1. The van der Waals surface area contributed by atoms with Gasteiger partial charge in [-0.05, 0) is 55.6 Å². The van der Waals surface area contributed by atoms with Gasteiger partial charge >= 0.3 is 0 Å². The van der Waals surface area contributed by atoms with E-state index in [2.05, 4.69) is 14.9 Å². The van der Waals surface area contributed by atoms with Crippen LogP contribution in [0, 0.1) is 17.6 Å². The Bertz CT molecular complexity index is 1270. The van der Waals surface area contributed by atoms with Gasteiger partial charge in [-0.3, -0.25) is 0 Å². The number of aryl methyl sites for hydroxylation is 2. The lowest BCUT2D eigenvalue weighted by Crippen LogP contribution is -2.16. The van der Waals surface area contributed by atoms with Crippen LogP contribution in [-0.4, -0.2) is 32.6 Å². The fraction of sp³-hybridized carbons (Fsp3) is 0.292. The first-order valence-corrected chi connectivity index (χ1v) is 11.1. The molecule has 0 spiro atoms. The lowest BCUT2D eigenvalue weighted by atomic mass is 10.1. The van der Waals surface area contributed by atoms with Crippen LogP contribution in [0.5, 0.6) is 0 Å². The summed E-state index contributed by atoms with van der Waals surface area (Å²) in [6.07, 6.45) is 3.49. The monoisotopic (exact) mass is 453 g/mol. The minimum Gasteiger partial charge on any atom is -0.316 e. The van der Waals surface area contributed by atoms with E-state index in [1.807, 2.05) is 24.3 Å². The van der Waals surface area contributed by atoms with Crippen molar-refractivity contribution >= 4 is 22.8 Å². The predicted octanol–water partition coefficient (Wildman–Crippen LogP) is 4.82. The van der Waals surface area contributed by atoms with Gasteiger partial charge in [0, 0.05) is 18.5 Å². The van der Waals surface area contributed by atoms with E-state index < -0.39 is 11.6 Å². The number of imidazole rings is 1. The lowest BCUT2D eigenvalue weighted by molar-refractivity contribution is 0.490. The molecule has 0 radical (unpaired) electrons. The maximum atomic E-state index is 14.0. The van der Waals surface area contributed by atoms with E-state index in [1.54, 1.807) is 12.3 Å². The maximum Gasteiger partial charge on any atom is 0.164 e. The van der Waals surface area contributed by atoms with Crippen molar-refractivity contribution in [2.45, 2.75) is 25.8 Å². The van der Waals surface area contributed by atoms with Crippen molar-refractivity contribution in [3.05, 3.63) is 76.7 Å². The molecule has 1 aliphatic heterocycles. The standard InChI is InChI=1S/C24H22ClF2N5/c25-18-6-2-1-5-17(18)23-30-20-13-29-21(9-8-16-4-3-7-19(26)22(16)27)31-24(20)32(23)14-15-10-11-28-12-15/h1-7,13,15,28H,8-12,14H2. The Morgan fingerprint density at radius 1 is 1.06 bits per heavy atom. The zero-order valence-corrected chi connectivity index (χ0v) is 18.1. The van der Waals surface area contributed by atoms with Crippen LogP contribution in [0.25, 0.3) is 22.6 Å². The predicted molar refractivity (Wildman–Crippen MR) is 121 cm³/mol. The van der Waals surface area contributed by atoms with Gasteiger partial charge in [0.1, 0.15) is 17.2 Å². The lowest BCUT2D eigenvalue weighted by Gasteiger charge is -2.14. The summed E-state index contributed by atoms with van der Waals surface area (Å²) in [7, 11) is 0. The molecular formula is C24H22ClF2N5. The number of aromatic nitrogens is 4. The second kappa shape index (κ2) is 8.92. The summed E-state index contributed by atoms with van der Waals surface area (Å²) in [5, 5.41) is 4.03. The van der Waals surface area contributed by atoms with E-state index in [9.17, 15) is 8.78 Å². The van der Waals surface area contributed by atoms with Crippen LogP contribution >= 0.6 is 11.6 Å². The minimum atomic E-state index is -0.841. The van der Waals surface area contributed by atoms with E-state index in [1.165, 1.54) is 6.07 Å². The highest BCUT2D eigenvalue weighted by Gasteiger charge is 2.22. The smallest absolute Gasteiger partial charge is 0.164 e. The SMILES string of the molecule is Fc1cccc(CCc2ncc3nc(-c4ccccc4Cl)n(CC4CCNC4)c3n2)c1F. The molecule has 0 aliphatic carbocycles. The van der Waals surface area contributed by atoms with Crippen molar-refractivity contribution in [2.75, 3.05) is 13.1 Å². The van der Waals surface area contributed by atoms with Gasteiger partial charge in [0.15, 0.2) is 17.3 Å². The van der Waals surface area contributed by atoms with Crippen molar-refractivity contribution in [1.82, 2.24) is 24.8 Å². The van der Waals surface area contributed by atoms with Crippen molar-refractivity contribution in [2.24, 2.45) is 5.92 Å². The quantitative estimate of drug-likeness (QED) is 0.455. The fourth-order valence-corrected chi connectivity index (χ4v) is 4.43. The Kier molecular flexibility index (Phi) is 5.85. The van der Waals surface area contributed by atoms with Gasteiger partial charge in [0.25, 0.3) is 0 Å². The number of fused-ring (bicyclic) bond motifs is 1. The molecule has 0 amide bonds. The second-order valence-electron chi connectivity index (χ2n) is 8.09. The van der Waals surface area contributed by atoms with Gasteiger partial charge in [-0.2, -0.15) is 0 Å². The Labute approximate surface area is 189 Å². The van der Waals surface area contributed by atoms with E-state index in [4.69, 9.17) is 21.6 Å². The first-order valence-electron chi connectivity index (χ1n) is 10.7. The van der Waals surface area contributed by atoms with Crippen LogP contribution in [0.15, 0.2) is 48.7 Å². The number of nitrogens with zero attached hydrogens (tertiary/aromatic N) is 4. The molecule has 164 valence electrons. The van der Waals surface area contributed by atoms with Crippen molar-refractivity contribution in [1.29, 1.82) is 0 Å². The minimum absolute atomic E-state index is 0.313. The van der Waals surface area contributed by atoms with Crippen LogP contribution in [0.1, 0.15) is 17.8 Å². The molecule has 1 unspecified atom stereocenters. The summed E-state index contributed by atoms with van der Waals surface area (Å²) in [6.45, 7) is 2.70. The summed E-state index contributed by atoms with van der Waals surface area (Å²) >= 11 is 6.48. The molecule has 32 heavy (non-hydrogen) atoms. The van der Waals surface area contributed by atoms with Crippen molar-refractivity contribution in [3.63, 3.8) is 0 Å². The summed E-state index contributed by atoms with van der Waals surface area (Å²) in [4.78, 5) is 14.0. The highest BCUT2D eigenvalue weighted by atomic mass is 35.5. The fourth-order valence-electron chi connectivity index (χ4n) is 4.21. The summed E-state index contributed by atoms with van der Waals surface area (Å²) in [5.41, 5.74) is 2.58. The zero-order chi connectivity index (χ0) is 22.1. The van der Waals surface area contributed by atoms with Crippen LogP contribution in [0.3, 0.4) is 0 Å². The van der Waals surface area contributed by atoms with E-state index in [-0.39, 0.29) is 0 Å². The van der Waals surface area contributed by atoms with Gasteiger partial charge in [-0.25, -0.2) is 23.7 Å². The molecule has 1 N–H and O–H groups in total. The normalized spacial score (nSPS) is 16.2. The van der Waals surface area contributed by atoms with Crippen molar-refractivity contribution in [3.8, 4) is 11.4 Å². The summed E-state index contributed by atoms with van der Waals surface area (Å²) in [5.74, 6) is 0.144. The van der Waals surface area contributed by atoms with Crippen molar-refractivity contribution < 1.29 is 8.78 Å². The highest BCUT2D eigenvalue weighted by molar-refractivity contribution is 6.33. The molecule has 2 aromatic heterocycles. The van der Waals surface area contributed by atoms with Crippen LogP contribution < -0.4 is 5.32 Å². The molecule has 5 rings (SSSR count). The van der Waals surface area contributed by atoms with E-state index >= 15 is 0 Å². The number of halogens is 3. The third kappa shape index (κ3) is 4.10. The molecule has 3 heterocycles. The van der Waals surface area contributed by atoms with Crippen LogP contribution in [-0.2, 0) is 19.4 Å². The molecule has 2 aromatic carbocycles. The topological polar surface area (TPSA) is 55.6 Å². The average molecular weight is 454 g/mol. The Morgan fingerprint density at radius 3 is 2.75 bits per heavy atom. The van der Waals surface area contributed by atoms with Gasteiger partial charge in [-0.15, -0.1) is 0 Å². The van der Waals surface area contributed by atoms with Gasteiger partial charge in [0.2, 0.25) is 0 Å². The highest BCUT2D eigenvalue weighted by Crippen LogP contribution is 2.31. The van der Waals surface area contributed by atoms with Gasteiger partial charge in [0.05, 0.1) is 11.2 Å². The Morgan fingerprint density at radius 2 is 1.94 bits per heavy atom. The number of hydrogen-bond acceptors (Lipinski definition) is 4. The summed E-state index contributed by atoms with van der Waals surface area (Å²) < 4.78 is 29.7. The molecule has 1 aliphatic rings. The van der Waals surface area contributed by atoms with Gasteiger partial charge in [-0.1, -0.05) is 35.9 Å². The zero-order valence-electron chi connectivity index (χ0n) is 17.4. The number of hydrogen-bond donors (Lipinski definition) is 1. The molecule has 0 bridgehead atoms. The molecular weight excluding hydrogens is 432 g/mol. The van der Waals surface area contributed by atoms with E-state index in [0.29, 0.717) is 40.7 Å². The molecule has 5 nitrogen and oxygen atoms in total.